The van der Waals surface area contributed by atoms with E-state index in [9.17, 15) is 9.90 Å². The van der Waals surface area contributed by atoms with Crippen LogP contribution in [-0.4, -0.2) is 54.5 Å². The maximum absolute atomic E-state index is 12.1. The summed E-state index contributed by atoms with van der Waals surface area (Å²) in [4.78, 5) is 13.7. The summed E-state index contributed by atoms with van der Waals surface area (Å²) in [5, 5.41) is 13.4. The second kappa shape index (κ2) is 6.09. The van der Waals surface area contributed by atoms with Gasteiger partial charge >= 0.3 is 6.03 Å². The van der Waals surface area contributed by atoms with Crippen molar-refractivity contribution in [2.24, 2.45) is 5.92 Å². The first-order valence-electron chi connectivity index (χ1n) is 7.32. The van der Waals surface area contributed by atoms with Crippen molar-refractivity contribution < 1.29 is 14.6 Å². The Morgan fingerprint density at radius 1 is 1.47 bits per heavy atom. The molecule has 0 unspecified atom stereocenters. The van der Waals surface area contributed by atoms with E-state index in [0.717, 1.165) is 0 Å². The molecule has 1 saturated carbocycles. The topological polar surface area (TPSA) is 61.8 Å². The Bertz CT molecular complexity index is 312. The van der Waals surface area contributed by atoms with E-state index in [-0.39, 0.29) is 12.1 Å². The molecular formula is C14H26N2O3. The predicted molar refractivity (Wildman–Crippen MR) is 73.0 cm³/mol. The first-order chi connectivity index (χ1) is 9.00. The van der Waals surface area contributed by atoms with Crippen LogP contribution < -0.4 is 5.32 Å². The standard InChI is InChI=1S/C14H26N2O3/c1-11(12-4-3-5-12)15-13(17)16(2)10-14(18)6-8-19-9-7-14/h11-12,18H,3-10H2,1-2H3,(H,15,17)/t11-/m1/s1. The van der Waals surface area contributed by atoms with E-state index in [1.54, 1.807) is 11.9 Å². The van der Waals surface area contributed by atoms with Crippen LogP contribution in [0.5, 0.6) is 0 Å². The summed E-state index contributed by atoms with van der Waals surface area (Å²) < 4.78 is 5.25. The minimum Gasteiger partial charge on any atom is -0.388 e. The third kappa shape index (κ3) is 3.83. The van der Waals surface area contributed by atoms with Crippen molar-refractivity contribution in [3.63, 3.8) is 0 Å². The Labute approximate surface area is 115 Å². The smallest absolute Gasteiger partial charge is 0.317 e. The summed E-state index contributed by atoms with van der Waals surface area (Å²) in [7, 11) is 1.75. The number of likely N-dealkylation sites (N-methyl/N-ethyl adjacent to an activating group) is 1. The molecule has 2 amide bonds. The van der Waals surface area contributed by atoms with Crippen LogP contribution in [0.1, 0.15) is 39.0 Å². The highest BCUT2D eigenvalue weighted by atomic mass is 16.5. The summed E-state index contributed by atoms with van der Waals surface area (Å²) >= 11 is 0. The van der Waals surface area contributed by atoms with Crippen molar-refractivity contribution in [3.05, 3.63) is 0 Å². The molecule has 0 aromatic heterocycles. The zero-order valence-corrected chi connectivity index (χ0v) is 12.0. The van der Waals surface area contributed by atoms with Crippen molar-refractivity contribution in [1.82, 2.24) is 10.2 Å². The monoisotopic (exact) mass is 270 g/mol. The number of aliphatic hydroxyl groups is 1. The van der Waals surface area contributed by atoms with E-state index in [2.05, 4.69) is 12.2 Å². The second-order valence-electron chi connectivity index (χ2n) is 6.12. The Morgan fingerprint density at radius 2 is 2.11 bits per heavy atom. The lowest BCUT2D eigenvalue weighted by molar-refractivity contribution is -0.0723. The molecule has 2 N–H and O–H groups in total. The fraction of sp³-hybridized carbons (Fsp3) is 0.929. The number of hydrogen-bond acceptors (Lipinski definition) is 3. The van der Waals surface area contributed by atoms with Crippen LogP contribution in [0.2, 0.25) is 0 Å². The predicted octanol–water partition coefficient (Wildman–Crippen LogP) is 1.36. The van der Waals surface area contributed by atoms with Gasteiger partial charge in [-0.15, -0.1) is 0 Å². The van der Waals surface area contributed by atoms with Gasteiger partial charge in [-0.2, -0.15) is 0 Å². The molecule has 2 rings (SSSR count). The van der Waals surface area contributed by atoms with Crippen LogP contribution in [-0.2, 0) is 4.74 Å². The van der Waals surface area contributed by atoms with Gasteiger partial charge in [-0.05, 0) is 25.7 Å². The fourth-order valence-electron chi connectivity index (χ4n) is 2.79. The second-order valence-corrected chi connectivity index (χ2v) is 6.12. The number of hydrogen-bond donors (Lipinski definition) is 2. The van der Waals surface area contributed by atoms with Crippen molar-refractivity contribution in [2.75, 3.05) is 26.8 Å². The molecule has 2 fully saturated rings. The third-order valence-corrected chi connectivity index (χ3v) is 4.51. The van der Waals surface area contributed by atoms with Crippen LogP contribution in [0.15, 0.2) is 0 Å². The number of carbonyl (C=O) groups excluding carboxylic acids is 1. The molecule has 0 aromatic carbocycles. The number of nitrogens with zero attached hydrogens (tertiary/aromatic N) is 1. The van der Waals surface area contributed by atoms with Crippen molar-refractivity contribution in [3.8, 4) is 0 Å². The number of rotatable bonds is 4. The first kappa shape index (κ1) is 14.6. The first-order valence-corrected chi connectivity index (χ1v) is 7.32. The van der Waals surface area contributed by atoms with Gasteiger partial charge in [-0.1, -0.05) is 6.42 Å². The molecule has 0 spiro atoms. The summed E-state index contributed by atoms with van der Waals surface area (Å²) in [6.07, 6.45) is 4.91. The van der Waals surface area contributed by atoms with Gasteiger partial charge in [0.15, 0.2) is 0 Å². The molecule has 110 valence electrons. The number of amides is 2. The highest BCUT2D eigenvalue weighted by Crippen LogP contribution is 2.29. The minimum atomic E-state index is -0.788. The molecule has 0 bridgehead atoms. The van der Waals surface area contributed by atoms with Crippen molar-refractivity contribution >= 4 is 6.03 Å². The number of nitrogens with one attached hydrogen (secondary N) is 1. The molecule has 0 radical (unpaired) electrons. The highest BCUT2D eigenvalue weighted by molar-refractivity contribution is 5.74. The highest BCUT2D eigenvalue weighted by Gasteiger charge is 2.33. The summed E-state index contributed by atoms with van der Waals surface area (Å²) in [6.45, 7) is 3.59. The van der Waals surface area contributed by atoms with E-state index >= 15 is 0 Å². The molecule has 5 nitrogen and oxygen atoms in total. The summed E-state index contributed by atoms with van der Waals surface area (Å²) in [6, 6.07) is 0.146. The largest absolute Gasteiger partial charge is 0.388 e. The zero-order valence-electron chi connectivity index (χ0n) is 12.0. The van der Waals surface area contributed by atoms with E-state index < -0.39 is 5.60 Å². The Morgan fingerprint density at radius 3 is 2.63 bits per heavy atom. The quantitative estimate of drug-likeness (QED) is 0.811. The zero-order chi connectivity index (χ0) is 13.9. The Hall–Kier alpha value is -0.810. The van der Waals surface area contributed by atoms with Gasteiger partial charge in [-0.25, -0.2) is 4.79 Å². The Kier molecular flexibility index (Phi) is 4.68. The minimum absolute atomic E-state index is 0.0840. The van der Waals surface area contributed by atoms with Gasteiger partial charge in [0.1, 0.15) is 0 Å². The third-order valence-electron chi connectivity index (χ3n) is 4.51. The van der Waals surface area contributed by atoms with Gasteiger partial charge in [-0.3, -0.25) is 0 Å². The van der Waals surface area contributed by atoms with Crippen LogP contribution in [0.3, 0.4) is 0 Å². The molecule has 1 aliphatic carbocycles. The molecule has 5 heteroatoms. The van der Waals surface area contributed by atoms with E-state index in [0.29, 0.717) is 38.5 Å². The lowest BCUT2D eigenvalue weighted by Crippen LogP contribution is -2.52. The molecular weight excluding hydrogens is 244 g/mol. The maximum Gasteiger partial charge on any atom is 0.317 e. The van der Waals surface area contributed by atoms with E-state index in [1.807, 2.05) is 0 Å². The summed E-state index contributed by atoms with van der Waals surface area (Å²) in [5.41, 5.74) is -0.788. The molecule has 1 heterocycles. The molecule has 2 aliphatic rings. The van der Waals surface area contributed by atoms with Crippen LogP contribution >= 0.6 is 0 Å². The number of urea groups is 1. The molecule has 1 atom stereocenters. The molecule has 0 aromatic rings. The molecule has 1 saturated heterocycles. The lowest BCUT2D eigenvalue weighted by atomic mass is 9.80. The lowest BCUT2D eigenvalue weighted by Gasteiger charge is -2.37. The van der Waals surface area contributed by atoms with E-state index in [1.165, 1.54) is 19.3 Å². The van der Waals surface area contributed by atoms with Gasteiger partial charge in [0.25, 0.3) is 0 Å². The van der Waals surface area contributed by atoms with Crippen LogP contribution in [0, 0.1) is 5.92 Å². The number of ether oxygens (including phenoxy) is 1. The average molecular weight is 270 g/mol. The Balaban J connectivity index is 1.77. The van der Waals surface area contributed by atoms with Gasteiger partial charge in [0.2, 0.25) is 0 Å². The van der Waals surface area contributed by atoms with Gasteiger partial charge in [0, 0.05) is 39.1 Å². The van der Waals surface area contributed by atoms with Crippen LogP contribution in [0.25, 0.3) is 0 Å². The average Bonchev–Trinajstić information content (AvgIpc) is 2.26. The van der Waals surface area contributed by atoms with E-state index in [4.69, 9.17) is 4.74 Å². The maximum atomic E-state index is 12.1. The van der Waals surface area contributed by atoms with Crippen molar-refractivity contribution in [1.29, 1.82) is 0 Å². The van der Waals surface area contributed by atoms with Crippen molar-refractivity contribution in [2.45, 2.75) is 50.7 Å². The molecule has 19 heavy (non-hydrogen) atoms. The SMILES string of the molecule is C[C@@H](NC(=O)N(C)CC1(O)CCOCC1)C1CCC1. The summed E-state index contributed by atoms with van der Waals surface area (Å²) in [5.74, 6) is 0.628. The number of carbonyl (C=O) groups is 1. The normalized spacial score (nSPS) is 24.4. The van der Waals surface area contributed by atoms with Gasteiger partial charge < -0.3 is 20.1 Å². The fourth-order valence-corrected chi connectivity index (χ4v) is 2.79. The molecule has 1 aliphatic heterocycles. The van der Waals surface area contributed by atoms with Gasteiger partial charge in [0.05, 0.1) is 12.1 Å². The van der Waals surface area contributed by atoms with Crippen LogP contribution in [0.4, 0.5) is 4.79 Å².